The quantitative estimate of drug-likeness (QED) is 0.371. The number of hydrogen-bond acceptors (Lipinski definition) is 4. The zero-order chi connectivity index (χ0) is 20.0. The molecule has 0 spiro atoms. The van der Waals surface area contributed by atoms with Gasteiger partial charge in [0.1, 0.15) is 0 Å². The molecule has 0 aliphatic carbocycles. The Bertz CT molecular complexity index is 873. The summed E-state index contributed by atoms with van der Waals surface area (Å²) in [6.45, 7) is 13.8. The van der Waals surface area contributed by atoms with E-state index in [2.05, 4.69) is 25.4 Å². The monoisotopic (exact) mass is 387 g/mol. The molecule has 2 rings (SSSR count). The SMILES string of the molecule is C=C(C)CN(CC)C(=O)CSc1nc2ccccc2c(=O)n1CCC(C)C. The van der Waals surface area contributed by atoms with Gasteiger partial charge in [-0.1, -0.05) is 49.9 Å². The fourth-order valence-electron chi connectivity index (χ4n) is 2.76. The zero-order valence-corrected chi connectivity index (χ0v) is 17.5. The fourth-order valence-corrected chi connectivity index (χ4v) is 3.69. The van der Waals surface area contributed by atoms with Crippen LogP contribution in [0.5, 0.6) is 0 Å². The van der Waals surface area contributed by atoms with Gasteiger partial charge < -0.3 is 4.90 Å². The number of para-hydroxylation sites is 1. The number of hydrogen-bond donors (Lipinski definition) is 0. The maximum Gasteiger partial charge on any atom is 0.262 e. The highest BCUT2D eigenvalue weighted by molar-refractivity contribution is 7.99. The third kappa shape index (κ3) is 5.70. The normalized spacial score (nSPS) is 11.1. The molecule has 0 aliphatic rings. The molecule has 1 amide bonds. The second-order valence-electron chi connectivity index (χ2n) is 7.20. The summed E-state index contributed by atoms with van der Waals surface area (Å²) in [5.41, 5.74) is 1.59. The Labute approximate surface area is 165 Å². The summed E-state index contributed by atoms with van der Waals surface area (Å²) < 4.78 is 1.72. The number of carbonyl (C=O) groups excluding carboxylic acids is 1. The molecule has 0 atom stereocenters. The number of likely N-dealkylation sites (N-methyl/N-ethyl adjacent to an activating group) is 1. The number of aromatic nitrogens is 2. The highest BCUT2D eigenvalue weighted by Crippen LogP contribution is 2.19. The minimum atomic E-state index is -0.0366. The first kappa shape index (κ1) is 21.2. The molecule has 1 aromatic carbocycles. The lowest BCUT2D eigenvalue weighted by Gasteiger charge is -2.21. The Kier molecular flexibility index (Phi) is 7.66. The van der Waals surface area contributed by atoms with E-state index in [1.165, 1.54) is 11.8 Å². The number of benzene rings is 1. The average molecular weight is 388 g/mol. The molecule has 0 unspecified atom stereocenters. The predicted molar refractivity (Wildman–Crippen MR) is 113 cm³/mol. The van der Waals surface area contributed by atoms with Gasteiger partial charge >= 0.3 is 0 Å². The molecule has 0 saturated carbocycles. The topological polar surface area (TPSA) is 55.2 Å². The van der Waals surface area contributed by atoms with Gasteiger partial charge in [-0.15, -0.1) is 0 Å². The summed E-state index contributed by atoms with van der Waals surface area (Å²) in [6.07, 6.45) is 0.887. The van der Waals surface area contributed by atoms with Crippen molar-refractivity contribution in [3.8, 4) is 0 Å². The summed E-state index contributed by atoms with van der Waals surface area (Å²) >= 11 is 1.34. The lowest BCUT2D eigenvalue weighted by atomic mass is 10.1. The number of thioether (sulfide) groups is 1. The molecule has 27 heavy (non-hydrogen) atoms. The lowest BCUT2D eigenvalue weighted by molar-refractivity contribution is -0.127. The number of rotatable bonds is 9. The van der Waals surface area contributed by atoms with E-state index in [1.807, 2.05) is 38.1 Å². The minimum Gasteiger partial charge on any atom is -0.338 e. The number of nitrogens with zero attached hydrogens (tertiary/aromatic N) is 3. The molecule has 1 heterocycles. The van der Waals surface area contributed by atoms with Gasteiger partial charge in [0.2, 0.25) is 5.91 Å². The van der Waals surface area contributed by atoms with Gasteiger partial charge in [0, 0.05) is 19.6 Å². The first-order valence-corrected chi connectivity index (χ1v) is 10.4. The van der Waals surface area contributed by atoms with Gasteiger partial charge in [0.05, 0.1) is 16.7 Å². The van der Waals surface area contributed by atoms with Crippen molar-refractivity contribution in [2.45, 2.75) is 45.8 Å². The van der Waals surface area contributed by atoms with E-state index in [4.69, 9.17) is 0 Å². The van der Waals surface area contributed by atoms with E-state index in [0.717, 1.165) is 12.0 Å². The van der Waals surface area contributed by atoms with Crippen LogP contribution in [0.15, 0.2) is 46.4 Å². The van der Waals surface area contributed by atoms with Gasteiger partial charge in [-0.3, -0.25) is 14.2 Å². The lowest BCUT2D eigenvalue weighted by Crippen LogP contribution is -2.34. The van der Waals surface area contributed by atoms with Crippen LogP contribution in [0, 0.1) is 5.92 Å². The fraction of sp³-hybridized carbons (Fsp3) is 0.476. The summed E-state index contributed by atoms with van der Waals surface area (Å²) in [7, 11) is 0. The maximum absolute atomic E-state index is 12.9. The van der Waals surface area contributed by atoms with Crippen molar-refractivity contribution in [3.05, 3.63) is 46.8 Å². The first-order chi connectivity index (χ1) is 12.8. The summed E-state index contributed by atoms with van der Waals surface area (Å²) in [4.78, 5) is 31.9. The zero-order valence-electron chi connectivity index (χ0n) is 16.7. The van der Waals surface area contributed by atoms with Crippen LogP contribution >= 0.6 is 11.8 Å². The predicted octanol–water partition coefficient (Wildman–Crippen LogP) is 3.96. The Morgan fingerprint density at radius 1 is 1.33 bits per heavy atom. The van der Waals surface area contributed by atoms with Crippen molar-refractivity contribution in [3.63, 3.8) is 0 Å². The molecule has 0 radical (unpaired) electrons. The highest BCUT2D eigenvalue weighted by atomic mass is 32.2. The second-order valence-corrected chi connectivity index (χ2v) is 8.15. The van der Waals surface area contributed by atoms with Gasteiger partial charge in [-0.05, 0) is 38.3 Å². The van der Waals surface area contributed by atoms with Crippen molar-refractivity contribution < 1.29 is 4.79 Å². The Hall–Kier alpha value is -2.08. The van der Waals surface area contributed by atoms with Gasteiger partial charge in [0.25, 0.3) is 5.56 Å². The maximum atomic E-state index is 12.9. The van der Waals surface area contributed by atoms with E-state index in [-0.39, 0.29) is 17.2 Å². The Balaban J connectivity index is 2.29. The van der Waals surface area contributed by atoms with Crippen molar-refractivity contribution >= 4 is 28.6 Å². The summed E-state index contributed by atoms with van der Waals surface area (Å²) in [5, 5.41) is 1.23. The Morgan fingerprint density at radius 3 is 2.67 bits per heavy atom. The van der Waals surface area contributed by atoms with E-state index >= 15 is 0 Å². The van der Waals surface area contributed by atoms with Crippen LogP contribution in [0.2, 0.25) is 0 Å². The molecule has 0 N–H and O–H groups in total. The second kappa shape index (κ2) is 9.74. The van der Waals surface area contributed by atoms with E-state index in [1.54, 1.807) is 9.47 Å². The largest absolute Gasteiger partial charge is 0.338 e. The molecule has 1 aromatic heterocycles. The number of carbonyl (C=O) groups is 1. The van der Waals surface area contributed by atoms with Crippen molar-refractivity contribution in [2.24, 2.45) is 5.92 Å². The Morgan fingerprint density at radius 2 is 2.04 bits per heavy atom. The molecular formula is C21H29N3O2S. The van der Waals surface area contributed by atoms with E-state index < -0.39 is 0 Å². The molecule has 0 aliphatic heterocycles. The minimum absolute atomic E-state index is 0.0308. The van der Waals surface area contributed by atoms with Gasteiger partial charge in [-0.2, -0.15) is 0 Å². The summed E-state index contributed by atoms with van der Waals surface area (Å²) in [6, 6.07) is 7.38. The van der Waals surface area contributed by atoms with Crippen molar-refractivity contribution in [1.29, 1.82) is 0 Å². The van der Waals surface area contributed by atoms with Crippen molar-refractivity contribution in [1.82, 2.24) is 14.5 Å². The molecule has 0 fully saturated rings. The third-order valence-corrected chi connectivity index (χ3v) is 5.24. The van der Waals surface area contributed by atoms with Crippen LogP contribution in [-0.4, -0.2) is 39.2 Å². The van der Waals surface area contributed by atoms with Gasteiger partial charge in [0.15, 0.2) is 5.16 Å². The molecule has 0 bridgehead atoms. The standard InChI is InChI=1S/C21H29N3O2S/c1-6-23(13-16(4)5)19(25)14-27-21-22-18-10-8-7-9-17(18)20(26)24(21)12-11-15(2)3/h7-10,15H,4,6,11-14H2,1-3,5H3. The average Bonchev–Trinajstić information content (AvgIpc) is 2.63. The number of amides is 1. The van der Waals surface area contributed by atoms with Gasteiger partial charge in [-0.25, -0.2) is 4.98 Å². The van der Waals surface area contributed by atoms with Crippen LogP contribution in [0.3, 0.4) is 0 Å². The van der Waals surface area contributed by atoms with Crippen molar-refractivity contribution in [2.75, 3.05) is 18.8 Å². The van der Waals surface area contributed by atoms with Crippen LogP contribution in [-0.2, 0) is 11.3 Å². The highest BCUT2D eigenvalue weighted by Gasteiger charge is 2.16. The molecule has 6 heteroatoms. The molecule has 146 valence electrons. The van der Waals surface area contributed by atoms with E-state index in [0.29, 0.717) is 41.6 Å². The van der Waals surface area contributed by atoms with E-state index in [9.17, 15) is 9.59 Å². The summed E-state index contributed by atoms with van der Waals surface area (Å²) in [5.74, 6) is 0.769. The first-order valence-electron chi connectivity index (χ1n) is 9.38. The van der Waals surface area contributed by atoms with Crippen LogP contribution in [0.4, 0.5) is 0 Å². The third-order valence-electron chi connectivity index (χ3n) is 4.28. The molecular weight excluding hydrogens is 358 g/mol. The number of fused-ring (bicyclic) bond motifs is 1. The van der Waals surface area contributed by atoms with Crippen LogP contribution < -0.4 is 5.56 Å². The van der Waals surface area contributed by atoms with Crippen LogP contribution in [0.25, 0.3) is 10.9 Å². The molecule has 5 nitrogen and oxygen atoms in total. The molecule has 0 saturated heterocycles. The van der Waals surface area contributed by atoms with Crippen LogP contribution in [0.1, 0.15) is 34.1 Å². The smallest absolute Gasteiger partial charge is 0.262 e. The molecule has 2 aromatic rings.